The Morgan fingerprint density at radius 2 is 1.09 bits per heavy atom. The van der Waals surface area contributed by atoms with Crippen LogP contribution in [0.3, 0.4) is 0 Å². The van der Waals surface area contributed by atoms with Gasteiger partial charge in [-0.15, -0.1) is 0 Å². The van der Waals surface area contributed by atoms with E-state index >= 15 is 0 Å². The number of hydrogen-bond acceptors (Lipinski definition) is 0. The zero-order chi connectivity index (χ0) is 16.3. The molecule has 3 rings (SSSR count). The Bertz CT molecular complexity index is 721. The lowest BCUT2D eigenvalue weighted by atomic mass is 9.63. The minimum absolute atomic E-state index is 0.263. The molecule has 3 aromatic rings. The van der Waals surface area contributed by atoms with Gasteiger partial charge in [-0.1, -0.05) is 104 Å². The lowest BCUT2D eigenvalue weighted by Crippen LogP contribution is -2.35. The van der Waals surface area contributed by atoms with Gasteiger partial charge in [0.2, 0.25) is 0 Å². The summed E-state index contributed by atoms with van der Waals surface area (Å²) in [6, 6.07) is 29.6. The summed E-state index contributed by atoms with van der Waals surface area (Å²) in [4.78, 5) is 0. The molecular formula is C22H21Cl. The third-order valence-corrected chi connectivity index (χ3v) is 4.95. The normalized spacial score (nSPS) is 11.7. The summed E-state index contributed by atoms with van der Waals surface area (Å²) in [7, 11) is 0. The van der Waals surface area contributed by atoms with E-state index in [2.05, 4.69) is 86.6 Å². The van der Waals surface area contributed by atoms with Gasteiger partial charge in [0, 0.05) is 10.4 Å². The summed E-state index contributed by atoms with van der Waals surface area (Å²) in [5.74, 6) is 0.354. The topological polar surface area (TPSA) is 0 Å². The molecule has 0 amide bonds. The first kappa shape index (κ1) is 15.8. The summed E-state index contributed by atoms with van der Waals surface area (Å²) in [6.45, 7) is 4.53. The van der Waals surface area contributed by atoms with Crippen molar-refractivity contribution in [1.29, 1.82) is 0 Å². The molecule has 0 bridgehead atoms. The van der Waals surface area contributed by atoms with Gasteiger partial charge in [0.1, 0.15) is 0 Å². The van der Waals surface area contributed by atoms with E-state index in [9.17, 15) is 0 Å². The van der Waals surface area contributed by atoms with E-state index in [1.807, 2.05) is 12.1 Å². The fraction of sp³-hybridized carbons (Fsp3) is 0.182. The Hall–Kier alpha value is -2.05. The van der Waals surface area contributed by atoms with Crippen molar-refractivity contribution in [3.05, 3.63) is 107 Å². The van der Waals surface area contributed by atoms with Gasteiger partial charge in [0.25, 0.3) is 0 Å². The fourth-order valence-corrected chi connectivity index (χ4v) is 3.92. The minimum atomic E-state index is -0.263. The molecule has 0 fully saturated rings. The van der Waals surface area contributed by atoms with E-state index in [1.165, 1.54) is 11.1 Å². The maximum atomic E-state index is 6.65. The maximum Gasteiger partial charge on any atom is 0.0488 e. The Balaban J connectivity index is 2.39. The van der Waals surface area contributed by atoms with E-state index in [1.54, 1.807) is 0 Å². The average molecular weight is 321 g/mol. The van der Waals surface area contributed by atoms with E-state index in [0.29, 0.717) is 5.92 Å². The predicted octanol–water partition coefficient (Wildman–Crippen LogP) is 6.33. The Morgan fingerprint density at radius 3 is 1.52 bits per heavy atom. The first-order valence-electron chi connectivity index (χ1n) is 8.03. The molecule has 0 aromatic heterocycles. The van der Waals surface area contributed by atoms with Crippen molar-refractivity contribution in [1.82, 2.24) is 0 Å². The summed E-state index contributed by atoms with van der Waals surface area (Å²) >= 11 is 6.65. The van der Waals surface area contributed by atoms with Crippen molar-refractivity contribution < 1.29 is 0 Å². The van der Waals surface area contributed by atoms with Crippen LogP contribution in [0, 0.1) is 5.92 Å². The van der Waals surface area contributed by atoms with Gasteiger partial charge >= 0.3 is 0 Å². The summed E-state index contributed by atoms with van der Waals surface area (Å²) in [5, 5.41) is 0.814. The summed E-state index contributed by atoms with van der Waals surface area (Å²) in [6.07, 6.45) is 0. The summed E-state index contributed by atoms with van der Waals surface area (Å²) < 4.78 is 0. The first-order valence-corrected chi connectivity index (χ1v) is 8.41. The predicted molar refractivity (Wildman–Crippen MR) is 99.1 cm³/mol. The highest BCUT2D eigenvalue weighted by Gasteiger charge is 2.40. The molecule has 0 aliphatic heterocycles. The second-order valence-corrected chi connectivity index (χ2v) is 6.58. The monoisotopic (exact) mass is 320 g/mol. The van der Waals surface area contributed by atoms with Crippen LogP contribution in [0.15, 0.2) is 84.9 Å². The molecule has 0 aliphatic rings. The van der Waals surface area contributed by atoms with Gasteiger partial charge in [-0.25, -0.2) is 0 Å². The quantitative estimate of drug-likeness (QED) is 0.493. The van der Waals surface area contributed by atoms with E-state index in [0.717, 1.165) is 10.6 Å². The van der Waals surface area contributed by atoms with Gasteiger partial charge in [0.05, 0.1) is 0 Å². The SMILES string of the molecule is CC(C)C(c1ccccc1)(c1ccccc1)c1ccccc1Cl. The average Bonchev–Trinajstić information content (AvgIpc) is 2.59. The molecule has 0 saturated carbocycles. The zero-order valence-electron chi connectivity index (χ0n) is 13.5. The van der Waals surface area contributed by atoms with Crippen molar-refractivity contribution in [3.63, 3.8) is 0 Å². The molecule has 0 radical (unpaired) electrons. The van der Waals surface area contributed by atoms with Gasteiger partial charge in [0.15, 0.2) is 0 Å². The number of benzene rings is 3. The maximum absolute atomic E-state index is 6.65. The molecule has 0 saturated heterocycles. The minimum Gasteiger partial charge on any atom is -0.0840 e. The number of rotatable bonds is 4. The van der Waals surface area contributed by atoms with Crippen LogP contribution in [0.2, 0.25) is 5.02 Å². The van der Waals surface area contributed by atoms with Crippen LogP contribution in [-0.2, 0) is 5.41 Å². The summed E-state index contributed by atoms with van der Waals surface area (Å²) in [5.41, 5.74) is 3.44. The zero-order valence-corrected chi connectivity index (χ0v) is 14.3. The van der Waals surface area contributed by atoms with Crippen LogP contribution in [-0.4, -0.2) is 0 Å². The Labute approximate surface area is 143 Å². The second-order valence-electron chi connectivity index (χ2n) is 6.17. The molecule has 23 heavy (non-hydrogen) atoms. The van der Waals surface area contributed by atoms with E-state index < -0.39 is 0 Å². The van der Waals surface area contributed by atoms with Crippen molar-refractivity contribution in [2.24, 2.45) is 5.92 Å². The lowest BCUT2D eigenvalue weighted by Gasteiger charge is -2.40. The third-order valence-electron chi connectivity index (χ3n) is 4.62. The molecule has 3 aromatic carbocycles. The van der Waals surface area contributed by atoms with Crippen LogP contribution in [0.1, 0.15) is 30.5 Å². The van der Waals surface area contributed by atoms with Crippen LogP contribution in [0.4, 0.5) is 0 Å². The lowest BCUT2D eigenvalue weighted by molar-refractivity contribution is 0.438. The first-order chi connectivity index (χ1) is 11.2. The Kier molecular flexibility index (Phi) is 4.54. The van der Waals surface area contributed by atoms with Crippen LogP contribution >= 0.6 is 11.6 Å². The van der Waals surface area contributed by atoms with E-state index in [4.69, 9.17) is 11.6 Å². The molecular weight excluding hydrogens is 300 g/mol. The number of hydrogen-bond donors (Lipinski definition) is 0. The number of halogens is 1. The van der Waals surface area contributed by atoms with Gasteiger partial charge in [-0.3, -0.25) is 0 Å². The van der Waals surface area contributed by atoms with Gasteiger partial charge in [-0.05, 0) is 28.7 Å². The molecule has 0 heterocycles. The van der Waals surface area contributed by atoms with Crippen molar-refractivity contribution in [2.75, 3.05) is 0 Å². The largest absolute Gasteiger partial charge is 0.0840 e. The molecule has 0 aliphatic carbocycles. The van der Waals surface area contributed by atoms with Crippen molar-refractivity contribution in [2.45, 2.75) is 19.3 Å². The van der Waals surface area contributed by atoms with Crippen molar-refractivity contribution >= 4 is 11.6 Å². The smallest absolute Gasteiger partial charge is 0.0488 e. The van der Waals surface area contributed by atoms with Crippen LogP contribution < -0.4 is 0 Å². The molecule has 0 N–H and O–H groups in total. The van der Waals surface area contributed by atoms with Gasteiger partial charge in [-0.2, -0.15) is 0 Å². The third kappa shape index (κ3) is 2.68. The van der Waals surface area contributed by atoms with Crippen molar-refractivity contribution in [3.8, 4) is 0 Å². The van der Waals surface area contributed by atoms with Crippen LogP contribution in [0.5, 0.6) is 0 Å². The molecule has 0 atom stereocenters. The highest BCUT2D eigenvalue weighted by Crippen LogP contribution is 2.47. The Morgan fingerprint density at radius 1 is 0.652 bits per heavy atom. The molecule has 0 spiro atoms. The highest BCUT2D eigenvalue weighted by molar-refractivity contribution is 6.31. The van der Waals surface area contributed by atoms with Gasteiger partial charge < -0.3 is 0 Å². The standard InChI is InChI=1S/C22H21Cl/c1-17(2)22(18-11-5-3-6-12-18,19-13-7-4-8-14-19)20-15-9-10-16-21(20)23/h3-17H,1-2H3. The second kappa shape index (κ2) is 6.60. The molecule has 0 nitrogen and oxygen atoms in total. The highest BCUT2D eigenvalue weighted by atomic mass is 35.5. The van der Waals surface area contributed by atoms with Crippen LogP contribution in [0.25, 0.3) is 0 Å². The fourth-order valence-electron chi connectivity index (χ4n) is 3.64. The molecule has 0 unspecified atom stereocenters. The van der Waals surface area contributed by atoms with E-state index in [-0.39, 0.29) is 5.41 Å². The molecule has 1 heteroatoms. The molecule has 116 valence electrons.